The Balaban J connectivity index is 2.16. The predicted octanol–water partition coefficient (Wildman–Crippen LogP) is 2.76. The summed E-state index contributed by atoms with van der Waals surface area (Å²) in [5.41, 5.74) is 6.94. The van der Waals surface area contributed by atoms with E-state index in [1.54, 1.807) is 42.6 Å². The zero-order chi connectivity index (χ0) is 14.5. The highest BCUT2D eigenvalue weighted by molar-refractivity contribution is 7.14. The molecule has 2 aromatic rings. The summed E-state index contributed by atoms with van der Waals surface area (Å²) in [5, 5.41) is 4.89. The maximum atomic E-state index is 12.1. The minimum Gasteiger partial charge on any atom is -0.462 e. The zero-order valence-corrected chi connectivity index (χ0v) is 11.7. The summed E-state index contributed by atoms with van der Waals surface area (Å²) in [6.07, 6.45) is 0. The molecule has 0 aliphatic rings. The summed E-state index contributed by atoms with van der Waals surface area (Å²) in [6.45, 7) is 2.02. The van der Waals surface area contributed by atoms with Crippen LogP contribution >= 0.6 is 11.3 Å². The highest BCUT2D eigenvalue weighted by Gasteiger charge is 2.16. The van der Waals surface area contributed by atoms with E-state index in [1.807, 2.05) is 0 Å². The Morgan fingerprint density at radius 3 is 2.85 bits per heavy atom. The first-order chi connectivity index (χ1) is 9.61. The first kappa shape index (κ1) is 14.1. The van der Waals surface area contributed by atoms with Gasteiger partial charge >= 0.3 is 5.97 Å². The van der Waals surface area contributed by atoms with Crippen LogP contribution in [-0.2, 0) is 4.74 Å². The van der Waals surface area contributed by atoms with Gasteiger partial charge in [-0.3, -0.25) is 4.79 Å². The number of esters is 1. The van der Waals surface area contributed by atoms with Crippen molar-refractivity contribution in [3.05, 3.63) is 46.8 Å². The van der Waals surface area contributed by atoms with E-state index in [9.17, 15) is 9.59 Å². The van der Waals surface area contributed by atoms with E-state index < -0.39 is 5.97 Å². The lowest BCUT2D eigenvalue weighted by Gasteiger charge is -2.06. The molecule has 1 amide bonds. The van der Waals surface area contributed by atoms with Gasteiger partial charge in [-0.15, -0.1) is 11.3 Å². The second-order valence-corrected chi connectivity index (χ2v) is 4.88. The lowest BCUT2D eigenvalue weighted by Crippen LogP contribution is -2.14. The molecule has 1 aromatic heterocycles. The molecule has 0 radical (unpaired) electrons. The van der Waals surface area contributed by atoms with Gasteiger partial charge in [-0.1, -0.05) is 6.07 Å². The summed E-state index contributed by atoms with van der Waals surface area (Å²) in [6, 6.07) is 8.25. The van der Waals surface area contributed by atoms with Crippen molar-refractivity contribution in [1.82, 2.24) is 0 Å². The van der Waals surface area contributed by atoms with E-state index in [0.717, 1.165) is 0 Å². The number of ether oxygens (including phenoxy) is 1. The van der Waals surface area contributed by atoms with Crippen molar-refractivity contribution in [2.24, 2.45) is 0 Å². The molecule has 20 heavy (non-hydrogen) atoms. The summed E-state index contributed by atoms with van der Waals surface area (Å²) in [5.74, 6) is -0.762. The van der Waals surface area contributed by atoms with E-state index in [2.05, 4.69) is 5.32 Å². The molecule has 0 bridgehead atoms. The molecule has 0 saturated heterocycles. The van der Waals surface area contributed by atoms with Crippen molar-refractivity contribution >= 4 is 33.9 Å². The average molecular weight is 290 g/mol. The highest BCUT2D eigenvalue weighted by Crippen LogP contribution is 2.24. The van der Waals surface area contributed by atoms with Gasteiger partial charge in [0, 0.05) is 11.3 Å². The molecule has 0 aliphatic carbocycles. The number of benzene rings is 1. The van der Waals surface area contributed by atoms with Crippen LogP contribution in [0, 0.1) is 0 Å². The Hall–Kier alpha value is -2.34. The Kier molecular flexibility index (Phi) is 4.37. The summed E-state index contributed by atoms with van der Waals surface area (Å²) < 4.78 is 4.93. The molecule has 1 heterocycles. The number of hydrogen-bond donors (Lipinski definition) is 2. The van der Waals surface area contributed by atoms with Crippen LogP contribution < -0.4 is 11.1 Å². The van der Waals surface area contributed by atoms with Crippen molar-refractivity contribution in [2.75, 3.05) is 17.7 Å². The fourth-order valence-electron chi connectivity index (χ4n) is 1.63. The maximum Gasteiger partial charge on any atom is 0.341 e. The largest absolute Gasteiger partial charge is 0.462 e. The predicted molar refractivity (Wildman–Crippen MR) is 79.1 cm³/mol. The molecule has 6 heteroatoms. The molecule has 0 aliphatic heterocycles. The average Bonchev–Trinajstić information content (AvgIpc) is 2.87. The van der Waals surface area contributed by atoms with Gasteiger partial charge in [-0.05, 0) is 36.6 Å². The third-order valence-electron chi connectivity index (χ3n) is 2.54. The molecule has 2 rings (SSSR count). The number of hydrogen-bond acceptors (Lipinski definition) is 5. The van der Waals surface area contributed by atoms with Crippen LogP contribution in [0.3, 0.4) is 0 Å². The topological polar surface area (TPSA) is 81.4 Å². The molecule has 104 valence electrons. The maximum absolute atomic E-state index is 12.1. The Morgan fingerprint density at radius 1 is 1.35 bits per heavy atom. The molecular weight excluding hydrogens is 276 g/mol. The second kappa shape index (κ2) is 6.21. The van der Waals surface area contributed by atoms with Crippen LogP contribution in [0.5, 0.6) is 0 Å². The SMILES string of the molecule is CCOC(=O)c1ccsc1NC(=O)c1cccc(N)c1. The first-order valence-corrected chi connectivity index (χ1v) is 6.91. The number of thiophene rings is 1. The fourth-order valence-corrected chi connectivity index (χ4v) is 2.40. The van der Waals surface area contributed by atoms with Crippen LogP contribution in [0.15, 0.2) is 35.7 Å². The van der Waals surface area contributed by atoms with Crippen LogP contribution in [0.4, 0.5) is 10.7 Å². The number of nitrogens with one attached hydrogen (secondary N) is 1. The fraction of sp³-hybridized carbons (Fsp3) is 0.143. The first-order valence-electron chi connectivity index (χ1n) is 6.03. The van der Waals surface area contributed by atoms with Gasteiger partial charge < -0.3 is 15.8 Å². The molecule has 3 N–H and O–H groups in total. The molecule has 0 atom stereocenters. The van der Waals surface area contributed by atoms with Crippen LogP contribution in [-0.4, -0.2) is 18.5 Å². The van der Waals surface area contributed by atoms with Gasteiger partial charge in [0.05, 0.1) is 12.2 Å². The summed E-state index contributed by atoms with van der Waals surface area (Å²) in [7, 11) is 0. The van der Waals surface area contributed by atoms with Crippen LogP contribution in [0.1, 0.15) is 27.6 Å². The molecule has 5 nitrogen and oxygen atoms in total. The highest BCUT2D eigenvalue weighted by atomic mass is 32.1. The van der Waals surface area contributed by atoms with Crippen molar-refractivity contribution in [2.45, 2.75) is 6.92 Å². The number of amides is 1. The van der Waals surface area contributed by atoms with Crippen molar-refractivity contribution in [3.63, 3.8) is 0 Å². The smallest absolute Gasteiger partial charge is 0.341 e. The normalized spacial score (nSPS) is 10.1. The minimum absolute atomic E-state index is 0.289. The zero-order valence-electron chi connectivity index (χ0n) is 10.9. The Morgan fingerprint density at radius 2 is 2.15 bits per heavy atom. The van der Waals surface area contributed by atoms with E-state index in [1.165, 1.54) is 11.3 Å². The number of carbonyl (C=O) groups excluding carboxylic acids is 2. The van der Waals surface area contributed by atoms with Crippen molar-refractivity contribution < 1.29 is 14.3 Å². The van der Waals surface area contributed by atoms with Crippen molar-refractivity contribution in [1.29, 1.82) is 0 Å². The standard InChI is InChI=1S/C14H14N2O3S/c1-2-19-14(18)11-6-7-20-13(11)16-12(17)9-4-3-5-10(15)8-9/h3-8H,2,15H2,1H3,(H,16,17). The van der Waals surface area contributed by atoms with Crippen molar-refractivity contribution in [3.8, 4) is 0 Å². The van der Waals surface area contributed by atoms with Gasteiger partial charge in [0.15, 0.2) is 0 Å². The molecule has 0 saturated carbocycles. The van der Waals surface area contributed by atoms with Gasteiger partial charge in [0.1, 0.15) is 5.00 Å². The van der Waals surface area contributed by atoms with E-state index in [-0.39, 0.29) is 12.5 Å². The number of nitrogens with two attached hydrogens (primary N) is 1. The molecule has 0 spiro atoms. The van der Waals surface area contributed by atoms with E-state index in [4.69, 9.17) is 10.5 Å². The summed E-state index contributed by atoms with van der Waals surface area (Å²) >= 11 is 1.27. The van der Waals surface area contributed by atoms with Crippen LogP contribution in [0.2, 0.25) is 0 Å². The summed E-state index contributed by atoms with van der Waals surface area (Å²) in [4.78, 5) is 23.8. The molecule has 0 unspecified atom stereocenters. The number of anilines is 2. The minimum atomic E-state index is -0.448. The number of nitrogen functional groups attached to an aromatic ring is 1. The Labute approximate surface area is 120 Å². The molecule has 0 fully saturated rings. The van der Waals surface area contributed by atoms with Crippen LogP contribution in [0.25, 0.3) is 0 Å². The van der Waals surface area contributed by atoms with Gasteiger partial charge in [0.2, 0.25) is 0 Å². The second-order valence-electron chi connectivity index (χ2n) is 3.96. The number of carbonyl (C=O) groups is 2. The quantitative estimate of drug-likeness (QED) is 0.670. The van der Waals surface area contributed by atoms with Gasteiger partial charge in [-0.25, -0.2) is 4.79 Å². The lowest BCUT2D eigenvalue weighted by molar-refractivity contribution is 0.0528. The molecular formula is C14H14N2O3S. The number of rotatable bonds is 4. The van der Waals surface area contributed by atoms with Gasteiger partial charge in [0.25, 0.3) is 5.91 Å². The lowest BCUT2D eigenvalue weighted by atomic mass is 10.2. The van der Waals surface area contributed by atoms with E-state index >= 15 is 0 Å². The monoisotopic (exact) mass is 290 g/mol. The van der Waals surface area contributed by atoms with Gasteiger partial charge in [-0.2, -0.15) is 0 Å². The van der Waals surface area contributed by atoms with E-state index in [0.29, 0.717) is 21.8 Å². The molecule has 1 aromatic carbocycles. The Bertz CT molecular complexity index is 637. The third kappa shape index (κ3) is 3.16. The third-order valence-corrected chi connectivity index (χ3v) is 3.37.